The van der Waals surface area contributed by atoms with Gasteiger partial charge in [-0.15, -0.1) is 0 Å². The summed E-state index contributed by atoms with van der Waals surface area (Å²) in [6.45, 7) is -0.132. The van der Waals surface area contributed by atoms with Crippen molar-refractivity contribution in [2.45, 2.75) is 6.61 Å². The van der Waals surface area contributed by atoms with Crippen LogP contribution in [-0.2, 0) is 26.9 Å². The van der Waals surface area contributed by atoms with Crippen LogP contribution in [-0.4, -0.2) is 32.7 Å². The minimum absolute atomic E-state index is 0.132. The van der Waals surface area contributed by atoms with Gasteiger partial charge in [0.05, 0.1) is 40.6 Å². The SMILES string of the molecule is COC(=O)c1ccc(-c2cc(NC(=O)c3ccc(COS(=O)O)cc3Cl)ccc2Cl)nc1. The highest BCUT2D eigenvalue weighted by atomic mass is 35.5. The number of aromatic nitrogens is 1. The van der Waals surface area contributed by atoms with Gasteiger partial charge >= 0.3 is 17.3 Å². The first-order valence-corrected chi connectivity index (χ1v) is 10.8. The Bertz CT molecular complexity index is 1190. The molecular weight excluding hydrogens is 479 g/mol. The Morgan fingerprint density at radius 2 is 1.88 bits per heavy atom. The molecule has 0 spiro atoms. The quantitative estimate of drug-likeness (QED) is 0.359. The van der Waals surface area contributed by atoms with Crippen molar-refractivity contribution in [2.75, 3.05) is 12.4 Å². The Labute approximate surface area is 196 Å². The molecule has 2 aromatic carbocycles. The molecule has 1 heterocycles. The van der Waals surface area contributed by atoms with Crippen LogP contribution >= 0.6 is 23.2 Å². The van der Waals surface area contributed by atoms with Gasteiger partial charge in [-0.25, -0.2) is 4.79 Å². The first-order valence-electron chi connectivity index (χ1n) is 8.96. The average Bonchev–Trinajstić information content (AvgIpc) is 2.78. The number of carbonyl (C=O) groups excluding carboxylic acids is 2. The zero-order valence-electron chi connectivity index (χ0n) is 16.5. The Kier molecular flexibility index (Phi) is 7.94. The number of hydrogen-bond donors (Lipinski definition) is 2. The minimum atomic E-state index is -2.40. The molecule has 1 amide bonds. The van der Waals surface area contributed by atoms with E-state index in [9.17, 15) is 13.8 Å². The third kappa shape index (κ3) is 5.90. The van der Waals surface area contributed by atoms with Crippen molar-refractivity contribution in [1.29, 1.82) is 0 Å². The van der Waals surface area contributed by atoms with Crippen molar-refractivity contribution in [3.05, 3.63) is 81.5 Å². The molecule has 3 aromatic rings. The third-order valence-electron chi connectivity index (χ3n) is 4.29. The van der Waals surface area contributed by atoms with Gasteiger partial charge in [0.2, 0.25) is 0 Å². The molecule has 0 radical (unpaired) electrons. The fourth-order valence-electron chi connectivity index (χ4n) is 2.74. The lowest BCUT2D eigenvalue weighted by atomic mass is 10.1. The molecule has 0 bridgehead atoms. The van der Waals surface area contributed by atoms with E-state index in [1.807, 2.05) is 0 Å². The van der Waals surface area contributed by atoms with Gasteiger partial charge in [0.15, 0.2) is 0 Å². The molecular formula is C21H16Cl2N2O6S. The van der Waals surface area contributed by atoms with E-state index in [0.29, 0.717) is 33.1 Å². The van der Waals surface area contributed by atoms with Gasteiger partial charge in [0.25, 0.3) is 5.91 Å². The summed E-state index contributed by atoms with van der Waals surface area (Å²) < 4.78 is 28.5. The van der Waals surface area contributed by atoms with Crippen LogP contribution < -0.4 is 5.32 Å². The van der Waals surface area contributed by atoms with Gasteiger partial charge in [-0.05, 0) is 48.0 Å². The number of benzene rings is 2. The number of nitrogens with one attached hydrogen (secondary N) is 1. The number of nitrogens with zero attached hydrogens (tertiary/aromatic N) is 1. The zero-order valence-corrected chi connectivity index (χ0v) is 18.8. The number of carbonyl (C=O) groups is 2. The predicted octanol–water partition coefficient (Wildman–Crippen LogP) is 4.75. The topological polar surface area (TPSA) is 115 Å². The van der Waals surface area contributed by atoms with Crippen molar-refractivity contribution in [3.63, 3.8) is 0 Å². The molecule has 32 heavy (non-hydrogen) atoms. The summed E-state index contributed by atoms with van der Waals surface area (Å²) in [6, 6.07) is 12.6. The minimum Gasteiger partial charge on any atom is -0.465 e. The Morgan fingerprint density at radius 3 is 2.50 bits per heavy atom. The standard InChI is InChI=1S/C21H16Cl2N2O6S/c1-30-21(27)13-3-7-19(24-10-13)16-9-14(4-6-17(16)22)25-20(26)15-5-2-12(8-18(15)23)11-31-32(28)29/h2-10H,11H2,1H3,(H,25,26)(H,28,29). The van der Waals surface area contributed by atoms with Crippen LogP contribution in [0, 0.1) is 0 Å². The number of esters is 1. The number of ether oxygens (including phenoxy) is 1. The first-order chi connectivity index (χ1) is 15.3. The summed E-state index contributed by atoms with van der Waals surface area (Å²) in [4.78, 5) is 28.5. The first kappa shape index (κ1) is 23.8. The summed E-state index contributed by atoms with van der Waals surface area (Å²) in [6.07, 6.45) is 1.38. The van der Waals surface area contributed by atoms with Gasteiger partial charge in [-0.2, -0.15) is 4.21 Å². The van der Waals surface area contributed by atoms with Crippen molar-refractivity contribution in [1.82, 2.24) is 4.98 Å². The number of hydrogen-bond acceptors (Lipinski definition) is 6. The number of rotatable bonds is 7. The van der Waals surface area contributed by atoms with E-state index >= 15 is 0 Å². The summed E-state index contributed by atoms with van der Waals surface area (Å²) in [5.41, 5.74) is 2.54. The fraction of sp³-hybridized carbons (Fsp3) is 0.0952. The maximum Gasteiger partial charge on any atom is 0.339 e. The molecule has 0 saturated carbocycles. The molecule has 8 nitrogen and oxygen atoms in total. The number of anilines is 1. The van der Waals surface area contributed by atoms with E-state index in [2.05, 4.69) is 19.2 Å². The number of pyridine rings is 1. The van der Waals surface area contributed by atoms with Crippen LogP contribution in [0.5, 0.6) is 0 Å². The maximum absolute atomic E-state index is 12.7. The van der Waals surface area contributed by atoms with Gasteiger partial charge in [0, 0.05) is 17.4 Å². The van der Waals surface area contributed by atoms with Gasteiger partial charge in [-0.1, -0.05) is 29.3 Å². The highest BCUT2D eigenvalue weighted by Gasteiger charge is 2.14. The summed E-state index contributed by atoms with van der Waals surface area (Å²) in [5.74, 6) is -0.967. The molecule has 2 N–H and O–H groups in total. The maximum atomic E-state index is 12.7. The molecule has 0 fully saturated rings. The van der Waals surface area contributed by atoms with Crippen LogP contribution in [0.2, 0.25) is 10.0 Å². The van der Waals surface area contributed by atoms with Crippen molar-refractivity contribution < 1.29 is 27.3 Å². The average molecular weight is 495 g/mol. The lowest BCUT2D eigenvalue weighted by molar-refractivity contribution is 0.0600. The highest BCUT2D eigenvalue weighted by Crippen LogP contribution is 2.30. The molecule has 1 atom stereocenters. The normalized spacial score (nSPS) is 11.6. The number of halogens is 2. The molecule has 0 aliphatic rings. The second-order valence-electron chi connectivity index (χ2n) is 6.37. The van der Waals surface area contributed by atoms with Gasteiger partial charge in [-0.3, -0.25) is 18.5 Å². The zero-order chi connectivity index (χ0) is 23.3. The molecule has 1 aromatic heterocycles. The van der Waals surface area contributed by atoms with Crippen molar-refractivity contribution in [2.24, 2.45) is 0 Å². The number of methoxy groups -OCH3 is 1. The summed E-state index contributed by atoms with van der Waals surface area (Å²) in [5, 5.41) is 3.30. The van der Waals surface area contributed by atoms with Crippen LogP contribution in [0.1, 0.15) is 26.3 Å². The molecule has 166 valence electrons. The monoisotopic (exact) mass is 494 g/mol. The third-order valence-corrected chi connectivity index (χ3v) is 5.25. The smallest absolute Gasteiger partial charge is 0.339 e. The van der Waals surface area contributed by atoms with E-state index in [4.69, 9.17) is 27.8 Å². The van der Waals surface area contributed by atoms with E-state index in [-0.39, 0.29) is 17.2 Å². The Balaban J connectivity index is 1.79. The Morgan fingerprint density at radius 1 is 1.09 bits per heavy atom. The highest BCUT2D eigenvalue weighted by molar-refractivity contribution is 7.74. The Hall–Kier alpha value is -2.82. The van der Waals surface area contributed by atoms with Crippen LogP contribution in [0.4, 0.5) is 5.69 Å². The predicted molar refractivity (Wildman–Crippen MR) is 121 cm³/mol. The summed E-state index contributed by atoms with van der Waals surface area (Å²) >= 11 is 10.1. The molecule has 11 heteroatoms. The fourth-order valence-corrected chi connectivity index (χ4v) is 3.48. The molecule has 1 unspecified atom stereocenters. The molecule has 0 saturated heterocycles. The van der Waals surface area contributed by atoms with Gasteiger partial charge in [0.1, 0.15) is 0 Å². The lowest BCUT2D eigenvalue weighted by Crippen LogP contribution is -2.13. The van der Waals surface area contributed by atoms with E-state index < -0.39 is 23.2 Å². The van der Waals surface area contributed by atoms with E-state index in [0.717, 1.165) is 0 Å². The second-order valence-corrected chi connectivity index (χ2v) is 7.85. The largest absolute Gasteiger partial charge is 0.465 e. The van der Waals surface area contributed by atoms with Crippen molar-refractivity contribution >= 4 is 52.1 Å². The number of amides is 1. The van der Waals surface area contributed by atoms with Crippen LogP contribution in [0.15, 0.2) is 54.7 Å². The van der Waals surface area contributed by atoms with Crippen LogP contribution in [0.25, 0.3) is 11.3 Å². The van der Waals surface area contributed by atoms with Crippen molar-refractivity contribution in [3.8, 4) is 11.3 Å². The molecule has 3 rings (SSSR count). The lowest BCUT2D eigenvalue weighted by Gasteiger charge is -2.11. The second kappa shape index (κ2) is 10.7. The molecule has 0 aliphatic carbocycles. The molecule has 0 aliphatic heterocycles. The van der Waals surface area contributed by atoms with E-state index in [1.165, 1.54) is 25.4 Å². The van der Waals surface area contributed by atoms with Crippen LogP contribution in [0.3, 0.4) is 0 Å². The van der Waals surface area contributed by atoms with E-state index in [1.54, 1.807) is 36.4 Å². The van der Waals surface area contributed by atoms with Gasteiger partial charge < -0.3 is 10.1 Å². The summed E-state index contributed by atoms with van der Waals surface area (Å²) in [7, 11) is 1.28.